The van der Waals surface area contributed by atoms with E-state index in [1.54, 1.807) is 30.3 Å². The largest absolute Gasteiger partial charge is 0.497 e. The average molecular weight is 387 g/mol. The van der Waals surface area contributed by atoms with E-state index in [4.69, 9.17) is 9.47 Å². The molecular formula is C20H21NO5S. The molecular weight excluding hydrogens is 366 g/mol. The Labute approximate surface area is 158 Å². The summed E-state index contributed by atoms with van der Waals surface area (Å²) in [5, 5.41) is 1.16. The lowest BCUT2D eigenvalue weighted by molar-refractivity contribution is 0.0982. The summed E-state index contributed by atoms with van der Waals surface area (Å²) in [5.74, 6) is 0.547. The molecule has 2 aromatic rings. The van der Waals surface area contributed by atoms with Gasteiger partial charge in [-0.1, -0.05) is 18.2 Å². The lowest BCUT2D eigenvalue weighted by Crippen LogP contribution is -2.41. The monoisotopic (exact) mass is 387 g/mol. The third-order valence-electron chi connectivity index (χ3n) is 4.48. The van der Waals surface area contributed by atoms with Crippen molar-refractivity contribution < 1.29 is 22.7 Å². The third kappa shape index (κ3) is 3.83. The van der Waals surface area contributed by atoms with Crippen molar-refractivity contribution in [3.8, 4) is 11.5 Å². The Morgan fingerprint density at radius 1 is 1.11 bits per heavy atom. The first-order valence-corrected chi connectivity index (χ1v) is 10.1. The Bertz CT molecular complexity index is 997. The maximum atomic E-state index is 13.4. The summed E-state index contributed by atoms with van der Waals surface area (Å²) in [4.78, 5) is 14.9. The topological polar surface area (TPSA) is 72.9 Å². The van der Waals surface area contributed by atoms with Gasteiger partial charge in [0.15, 0.2) is 9.84 Å². The van der Waals surface area contributed by atoms with Gasteiger partial charge < -0.3 is 9.47 Å². The molecule has 0 spiro atoms. The summed E-state index contributed by atoms with van der Waals surface area (Å²) in [6, 6.07) is 11.7. The van der Waals surface area contributed by atoms with Crippen LogP contribution in [-0.4, -0.2) is 40.3 Å². The molecule has 0 unspecified atom stereocenters. The van der Waals surface area contributed by atoms with E-state index >= 15 is 0 Å². The molecule has 1 amide bonds. The standard InChI is InChI=1S/C20H21NO5S/c1-14-6-4-5-7-17(14)20(22)21(15-10-11-27(23,24)13-15)18-9-8-16(25-2)12-19(18)26-3/h4-12,15H,13H2,1-3H3/t15-/m1/s1. The Balaban J connectivity index is 2.13. The van der Waals surface area contributed by atoms with Gasteiger partial charge in [0.05, 0.1) is 31.7 Å². The molecule has 3 rings (SSSR count). The van der Waals surface area contributed by atoms with Gasteiger partial charge in [-0.25, -0.2) is 8.42 Å². The Hall–Kier alpha value is -2.80. The van der Waals surface area contributed by atoms with Gasteiger partial charge in [0.2, 0.25) is 0 Å². The Morgan fingerprint density at radius 2 is 1.85 bits per heavy atom. The first kappa shape index (κ1) is 19.0. The molecule has 0 bridgehead atoms. The van der Waals surface area contributed by atoms with Crippen molar-refractivity contribution in [1.82, 2.24) is 0 Å². The summed E-state index contributed by atoms with van der Waals surface area (Å²) in [5.41, 5.74) is 1.80. The minimum Gasteiger partial charge on any atom is -0.497 e. The number of hydrogen-bond donors (Lipinski definition) is 0. The van der Waals surface area contributed by atoms with Crippen LogP contribution in [0.3, 0.4) is 0 Å². The maximum Gasteiger partial charge on any atom is 0.259 e. The van der Waals surface area contributed by atoms with Crippen molar-refractivity contribution in [2.24, 2.45) is 0 Å². The van der Waals surface area contributed by atoms with E-state index in [-0.39, 0.29) is 11.7 Å². The molecule has 0 aliphatic carbocycles. The number of carbonyl (C=O) groups excluding carboxylic acids is 1. The van der Waals surface area contributed by atoms with Crippen molar-refractivity contribution in [2.45, 2.75) is 13.0 Å². The van der Waals surface area contributed by atoms with E-state index in [9.17, 15) is 13.2 Å². The van der Waals surface area contributed by atoms with E-state index in [2.05, 4.69) is 0 Å². The van der Waals surface area contributed by atoms with Crippen LogP contribution in [0.15, 0.2) is 53.9 Å². The number of methoxy groups -OCH3 is 2. The van der Waals surface area contributed by atoms with E-state index in [0.29, 0.717) is 22.7 Å². The van der Waals surface area contributed by atoms with Gasteiger partial charge in [-0.3, -0.25) is 9.69 Å². The number of nitrogens with zero attached hydrogens (tertiary/aromatic N) is 1. The summed E-state index contributed by atoms with van der Waals surface area (Å²) >= 11 is 0. The number of anilines is 1. The molecule has 27 heavy (non-hydrogen) atoms. The van der Waals surface area contributed by atoms with E-state index in [1.165, 1.54) is 25.2 Å². The molecule has 1 heterocycles. The predicted molar refractivity (Wildman–Crippen MR) is 104 cm³/mol. The van der Waals surface area contributed by atoms with Gasteiger partial charge in [0.25, 0.3) is 5.91 Å². The van der Waals surface area contributed by atoms with Crippen molar-refractivity contribution in [3.63, 3.8) is 0 Å². The fourth-order valence-corrected chi connectivity index (χ4v) is 4.35. The predicted octanol–water partition coefficient (Wildman–Crippen LogP) is 2.97. The number of amides is 1. The zero-order valence-corrected chi connectivity index (χ0v) is 16.2. The maximum absolute atomic E-state index is 13.4. The molecule has 0 radical (unpaired) electrons. The number of benzene rings is 2. The zero-order valence-electron chi connectivity index (χ0n) is 15.4. The van der Waals surface area contributed by atoms with Crippen molar-refractivity contribution in [1.29, 1.82) is 0 Å². The Morgan fingerprint density at radius 3 is 2.44 bits per heavy atom. The van der Waals surface area contributed by atoms with Crippen LogP contribution in [0.2, 0.25) is 0 Å². The first-order valence-electron chi connectivity index (χ1n) is 8.38. The second kappa shape index (κ2) is 7.44. The highest BCUT2D eigenvalue weighted by Crippen LogP contribution is 2.36. The zero-order chi connectivity index (χ0) is 19.6. The van der Waals surface area contributed by atoms with Gasteiger partial charge in [-0.05, 0) is 36.8 Å². The van der Waals surface area contributed by atoms with Crippen LogP contribution >= 0.6 is 0 Å². The molecule has 142 valence electrons. The smallest absolute Gasteiger partial charge is 0.259 e. The summed E-state index contributed by atoms with van der Waals surface area (Å²) in [6.07, 6.45) is 1.54. The Kier molecular flexibility index (Phi) is 5.23. The molecule has 1 aliphatic heterocycles. The number of rotatable bonds is 5. The highest BCUT2D eigenvalue weighted by Gasteiger charge is 2.34. The molecule has 1 aliphatic rings. The fourth-order valence-electron chi connectivity index (χ4n) is 3.09. The molecule has 0 fully saturated rings. The van der Waals surface area contributed by atoms with Crippen LogP contribution in [0.4, 0.5) is 5.69 Å². The number of sulfone groups is 1. The highest BCUT2D eigenvalue weighted by molar-refractivity contribution is 7.94. The quantitative estimate of drug-likeness (QED) is 0.789. The lowest BCUT2D eigenvalue weighted by Gasteiger charge is -2.29. The molecule has 2 aromatic carbocycles. The van der Waals surface area contributed by atoms with Crippen molar-refractivity contribution in [2.75, 3.05) is 24.9 Å². The van der Waals surface area contributed by atoms with Crippen LogP contribution in [0.25, 0.3) is 0 Å². The second-order valence-corrected chi connectivity index (χ2v) is 8.18. The molecule has 1 atom stereocenters. The van der Waals surface area contributed by atoms with Crippen molar-refractivity contribution in [3.05, 3.63) is 65.1 Å². The van der Waals surface area contributed by atoms with Gasteiger partial charge in [0, 0.05) is 17.0 Å². The van der Waals surface area contributed by atoms with E-state index in [1.807, 2.05) is 19.1 Å². The third-order valence-corrected chi connectivity index (χ3v) is 5.86. The van der Waals surface area contributed by atoms with Crippen molar-refractivity contribution >= 4 is 21.4 Å². The minimum absolute atomic E-state index is 0.167. The first-order chi connectivity index (χ1) is 12.9. The van der Waals surface area contributed by atoms with E-state index in [0.717, 1.165) is 11.0 Å². The van der Waals surface area contributed by atoms with Crippen LogP contribution in [0.5, 0.6) is 11.5 Å². The molecule has 0 saturated carbocycles. The fraction of sp³-hybridized carbons (Fsp3) is 0.250. The van der Waals surface area contributed by atoms with Crippen LogP contribution in [0.1, 0.15) is 15.9 Å². The highest BCUT2D eigenvalue weighted by atomic mass is 32.2. The van der Waals surface area contributed by atoms with Gasteiger partial charge in [-0.2, -0.15) is 0 Å². The molecule has 0 aromatic heterocycles. The normalized spacial score (nSPS) is 17.5. The SMILES string of the molecule is COc1ccc(N(C(=O)c2ccccc2C)[C@@H]2C=CS(=O)(=O)C2)c(OC)c1. The van der Waals surface area contributed by atoms with Crippen LogP contribution < -0.4 is 14.4 Å². The summed E-state index contributed by atoms with van der Waals surface area (Å²) in [6.45, 7) is 1.85. The van der Waals surface area contributed by atoms with Crippen LogP contribution in [-0.2, 0) is 9.84 Å². The van der Waals surface area contributed by atoms with Gasteiger partial charge >= 0.3 is 0 Å². The average Bonchev–Trinajstić information content (AvgIpc) is 3.01. The van der Waals surface area contributed by atoms with Gasteiger partial charge in [-0.15, -0.1) is 0 Å². The molecule has 6 nitrogen and oxygen atoms in total. The molecule has 0 N–H and O–H groups in total. The van der Waals surface area contributed by atoms with E-state index < -0.39 is 15.9 Å². The van der Waals surface area contributed by atoms with Gasteiger partial charge in [0.1, 0.15) is 11.5 Å². The minimum atomic E-state index is -3.35. The number of ether oxygens (including phenoxy) is 2. The summed E-state index contributed by atoms with van der Waals surface area (Å²) in [7, 11) is -0.312. The molecule has 0 saturated heterocycles. The molecule has 7 heteroatoms. The van der Waals surface area contributed by atoms with Crippen LogP contribution in [0, 0.1) is 6.92 Å². The number of carbonyl (C=O) groups is 1. The lowest BCUT2D eigenvalue weighted by atomic mass is 10.1. The number of hydrogen-bond acceptors (Lipinski definition) is 5. The number of aryl methyl sites for hydroxylation is 1. The second-order valence-electron chi connectivity index (χ2n) is 6.25. The summed E-state index contributed by atoms with van der Waals surface area (Å²) < 4.78 is 34.6.